The van der Waals surface area contributed by atoms with Crippen molar-refractivity contribution in [1.29, 1.82) is 0 Å². The van der Waals surface area contributed by atoms with Crippen LogP contribution < -0.4 is 4.74 Å². The average molecular weight is 332 g/mol. The number of halogens is 2. The molecule has 1 saturated heterocycles. The maximum absolute atomic E-state index is 13.6. The lowest BCUT2D eigenvalue weighted by molar-refractivity contribution is -0.0678. The van der Waals surface area contributed by atoms with Crippen molar-refractivity contribution in [3.05, 3.63) is 29.6 Å². The number of ether oxygens (including phenoxy) is 2. The van der Waals surface area contributed by atoms with E-state index in [2.05, 4.69) is 27.8 Å². The van der Waals surface area contributed by atoms with Crippen LogP contribution in [0.5, 0.6) is 5.75 Å². The minimum Gasteiger partial charge on any atom is -0.494 e. The van der Waals surface area contributed by atoms with Gasteiger partial charge >= 0.3 is 0 Å². The molecule has 1 aliphatic rings. The van der Waals surface area contributed by atoms with Gasteiger partial charge in [-0.2, -0.15) is 0 Å². The number of nitrogens with zero attached hydrogens (tertiary/aromatic N) is 1. The zero-order valence-corrected chi connectivity index (χ0v) is 12.8. The highest BCUT2D eigenvalue weighted by molar-refractivity contribution is 9.09. The van der Waals surface area contributed by atoms with Crippen molar-refractivity contribution < 1.29 is 13.9 Å². The van der Waals surface area contributed by atoms with Crippen LogP contribution in [-0.4, -0.2) is 42.6 Å². The predicted molar refractivity (Wildman–Crippen MR) is 76.4 cm³/mol. The normalized spacial score (nSPS) is 24.4. The van der Waals surface area contributed by atoms with Crippen LogP contribution in [0.2, 0.25) is 0 Å². The lowest BCUT2D eigenvalue weighted by Crippen LogP contribution is -2.46. The van der Waals surface area contributed by atoms with E-state index in [0.29, 0.717) is 0 Å². The standard InChI is InChI=1S/C14H19BrFNO2/c1-10-7-17(9-12(6-15)19-10)8-11-3-4-14(18-2)13(16)5-11/h3-5,10,12H,6-9H2,1-2H3. The largest absolute Gasteiger partial charge is 0.494 e. The van der Waals surface area contributed by atoms with Crippen molar-refractivity contribution in [2.24, 2.45) is 0 Å². The summed E-state index contributed by atoms with van der Waals surface area (Å²) in [6, 6.07) is 5.13. The molecule has 1 aromatic carbocycles. The first-order valence-electron chi connectivity index (χ1n) is 6.38. The van der Waals surface area contributed by atoms with Gasteiger partial charge in [0, 0.05) is 25.0 Å². The Morgan fingerprint density at radius 2 is 2.26 bits per heavy atom. The molecule has 1 aliphatic heterocycles. The van der Waals surface area contributed by atoms with Crippen LogP contribution in [-0.2, 0) is 11.3 Å². The molecule has 5 heteroatoms. The van der Waals surface area contributed by atoms with Crippen LogP contribution in [0.25, 0.3) is 0 Å². The molecule has 1 fully saturated rings. The zero-order chi connectivity index (χ0) is 13.8. The SMILES string of the molecule is COc1ccc(CN2CC(C)OC(CBr)C2)cc1F. The maximum Gasteiger partial charge on any atom is 0.165 e. The highest BCUT2D eigenvalue weighted by Gasteiger charge is 2.24. The van der Waals surface area contributed by atoms with Gasteiger partial charge in [-0.1, -0.05) is 22.0 Å². The molecule has 1 heterocycles. The number of benzene rings is 1. The molecule has 2 rings (SSSR count). The van der Waals surface area contributed by atoms with E-state index in [4.69, 9.17) is 9.47 Å². The molecule has 2 atom stereocenters. The summed E-state index contributed by atoms with van der Waals surface area (Å²) in [4.78, 5) is 2.29. The Bertz CT molecular complexity index is 430. The Kier molecular flexibility index (Phi) is 5.19. The molecule has 0 spiro atoms. The number of morpholine rings is 1. The van der Waals surface area contributed by atoms with Crippen LogP contribution >= 0.6 is 15.9 Å². The highest BCUT2D eigenvalue weighted by Crippen LogP contribution is 2.20. The van der Waals surface area contributed by atoms with Crippen molar-refractivity contribution in [2.45, 2.75) is 25.7 Å². The minimum atomic E-state index is -0.307. The van der Waals surface area contributed by atoms with Crippen LogP contribution in [0.3, 0.4) is 0 Å². The fourth-order valence-corrected chi connectivity index (χ4v) is 2.78. The Hall–Kier alpha value is -0.650. The van der Waals surface area contributed by atoms with E-state index in [1.807, 2.05) is 6.07 Å². The van der Waals surface area contributed by atoms with Gasteiger partial charge in [0.2, 0.25) is 0 Å². The molecule has 2 unspecified atom stereocenters. The van der Waals surface area contributed by atoms with Gasteiger partial charge in [-0.15, -0.1) is 0 Å². The molecule has 0 aliphatic carbocycles. The summed E-state index contributed by atoms with van der Waals surface area (Å²) in [7, 11) is 1.47. The highest BCUT2D eigenvalue weighted by atomic mass is 79.9. The van der Waals surface area contributed by atoms with Gasteiger partial charge in [-0.25, -0.2) is 4.39 Å². The molecule has 0 aromatic heterocycles. The molecule has 19 heavy (non-hydrogen) atoms. The van der Waals surface area contributed by atoms with Crippen molar-refractivity contribution in [3.8, 4) is 5.75 Å². The summed E-state index contributed by atoms with van der Waals surface area (Å²) in [5, 5.41) is 0.824. The van der Waals surface area contributed by atoms with Crippen LogP contribution in [0.15, 0.2) is 18.2 Å². The van der Waals surface area contributed by atoms with E-state index >= 15 is 0 Å². The van der Waals surface area contributed by atoms with Crippen molar-refractivity contribution in [1.82, 2.24) is 4.90 Å². The smallest absolute Gasteiger partial charge is 0.165 e. The topological polar surface area (TPSA) is 21.7 Å². The summed E-state index contributed by atoms with van der Waals surface area (Å²) in [5.74, 6) is -0.0178. The third kappa shape index (κ3) is 3.91. The van der Waals surface area contributed by atoms with Gasteiger partial charge in [0.1, 0.15) is 0 Å². The molecule has 0 saturated carbocycles. The molecule has 0 bridgehead atoms. The molecular weight excluding hydrogens is 313 g/mol. The van der Waals surface area contributed by atoms with E-state index in [9.17, 15) is 4.39 Å². The lowest BCUT2D eigenvalue weighted by atomic mass is 10.1. The molecule has 0 N–H and O–H groups in total. The first-order valence-corrected chi connectivity index (χ1v) is 7.50. The molecule has 3 nitrogen and oxygen atoms in total. The second-order valence-electron chi connectivity index (χ2n) is 4.89. The van der Waals surface area contributed by atoms with Gasteiger partial charge in [-0.3, -0.25) is 4.90 Å². The monoisotopic (exact) mass is 331 g/mol. The summed E-state index contributed by atoms with van der Waals surface area (Å²) in [5.41, 5.74) is 0.959. The number of methoxy groups -OCH3 is 1. The summed E-state index contributed by atoms with van der Waals surface area (Å²) in [6.07, 6.45) is 0.409. The van der Waals surface area contributed by atoms with Gasteiger partial charge in [0.05, 0.1) is 19.3 Å². The second kappa shape index (κ2) is 6.68. The Morgan fingerprint density at radius 1 is 1.47 bits per heavy atom. The molecule has 106 valence electrons. The molecular formula is C14H19BrFNO2. The summed E-state index contributed by atoms with van der Waals surface area (Å²) >= 11 is 3.45. The average Bonchev–Trinajstić information content (AvgIpc) is 2.38. The number of alkyl halides is 1. The molecule has 0 amide bonds. The fraction of sp³-hybridized carbons (Fsp3) is 0.571. The third-order valence-electron chi connectivity index (χ3n) is 3.20. The van der Waals surface area contributed by atoms with Gasteiger partial charge in [-0.05, 0) is 24.6 Å². The van der Waals surface area contributed by atoms with E-state index in [-0.39, 0.29) is 23.8 Å². The first kappa shape index (κ1) is 14.8. The molecule has 0 radical (unpaired) electrons. The number of rotatable bonds is 4. The van der Waals surface area contributed by atoms with E-state index in [1.165, 1.54) is 7.11 Å². The van der Waals surface area contributed by atoms with Gasteiger partial charge in [0.25, 0.3) is 0 Å². The zero-order valence-electron chi connectivity index (χ0n) is 11.2. The number of hydrogen-bond donors (Lipinski definition) is 0. The van der Waals surface area contributed by atoms with Crippen LogP contribution in [0.4, 0.5) is 4.39 Å². The van der Waals surface area contributed by atoms with E-state index < -0.39 is 0 Å². The Balaban J connectivity index is 2.02. The first-order chi connectivity index (χ1) is 9.12. The molecule has 1 aromatic rings. The fourth-order valence-electron chi connectivity index (χ4n) is 2.42. The van der Waals surface area contributed by atoms with E-state index in [1.54, 1.807) is 12.1 Å². The van der Waals surface area contributed by atoms with Gasteiger partial charge < -0.3 is 9.47 Å². The minimum absolute atomic E-state index is 0.201. The Labute approximate surface area is 121 Å². The quantitative estimate of drug-likeness (QED) is 0.792. The van der Waals surface area contributed by atoms with Crippen molar-refractivity contribution in [3.63, 3.8) is 0 Å². The van der Waals surface area contributed by atoms with Crippen molar-refractivity contribution in [2.75, 3.05) is 25.5 Å². The lowest BCUT2D eigenvalue weighted by Gasteiger charge is -2.36. The van der Waals surface area contributed by atoms with Gasteiger partial charge in [0.15, 0.2) is 11.6 Å². The Morgan fingerprint density at radius 3 is 2.89 bits per heavy atom. The summed E-state index contributed by atoms with van der Waals surface area (Å²) < 4.78 is 24.4. The van der Waals surface area contributed by atoms with Crippen LogP contribution in [0.1, 0.15) is 12.5 Å². The predicted octanol–water partition coefficient (Wildman–Crippen LogP) is 2.82. The van der Waals surface area contributed by atoms with Crippen LogP contribution in [0, 0.1) is 5.82 Å². The maximum atomic E-state index is 13.6. The summed E-state index contributed by atoms with van der Waals surface area (Å²) in [6.45, 7) is 4.54. The van der Waals surface area contributed by atoms with Crippen molar-refractivity contribution >= 4 is 15.9 Å². The number of hydrogen-bond acceptors (Lipinski definition) is 3. The second-order valence-corrected chi connectivity index (χ2v) is 5.53. The van der Waals surface area contributed by atoms with E-state index in [0.717, 1.165) is 30.5 Å². The third-order valence-corrected chi connectivity index (χ3v) is 3.92.